The fraction of sp³-hybridized carbons (Fsp3) is 0.516. The minimum absolute atomic E-state index is 0.0141. The Morgan fingerprint density at radius 1 is 1.08 bits per heavy atom. The highest BCUT2D eigenvalue weighted by atomic mass is 19.1. The summed E-state index contributed by atoms with van der Waals surface area (Å²) in [5, 5.41) is 3.23. The second-order valence-electron chi connectivity index (χ2n) is 12.0. The van der Waals surface area contributed by atoms with Gasteiger partial charge in [-0.05, 0) is 82.7 Å². The molecule has 3 atom stereocenters. The molecule has 1 aliphatic carbocycles. The normalized spacial score (nSPS) is 25.5. The number of primary amides is 1. The molecule has 7 nitrogen and oxygen atoms in total. The van der Waals surface area contributed by atoms with Crippen molar-refractivity contribution in [2.24, 2.45) is 17.1 Å². The first-order valence-corrected chi connectivity index (χ1v) is 14.0. The highest BCUT2D eigenvalue weighted by molar-refractivity contribution is 6.08. The molecule has 5 rings (SSSR count). The first-order valence-electron chi connectivity index (χ1n) is 14.0. The number of fused-ring (bicyclic) bond motifs is 1. The van der Waals surface area contributed by atoms with E-state index in [9.17, 15) is 18.8 Å². The number of anilines is 1. The SMILES string of the molecule is CNC1CCC(C(N)=O)([C@H](Cc2ccccc2F)C(=O)N2CCC(N3C(=O)C(C)(C)c4ccccc43)CC2)C1. The van der Waals surface area contributed by atoms with Gasteiger partial charge >= 0.3 is 0 Å². The number of hydrogen-bond acceptors (Lipinski definition) is 4. The zero-order valence-corrected chi connectivity index (χ0v) is 23.1. The van der Waals surface area contributed by atoms with Gasteiger partial charge in [0.2, 0.25) is 17.7 Å². The van der Waals surface area contributed by atoms with Gasteiger partial charge in [0.05, 0.1) is 16.7 Å². The van der Waals surface area contributed by atoms with E-state index in [4.69, 9.17) is 5.73 Å². The van der Waals surface area contributed by atoms with Crippen molar-refractivity contribution in [1.29, 1.82) is 0 Å². The van der Waals surface area contributed by atoms with Crippen molar-refractivity contribution < 1.29 is 18.8 Å². The first-order chi connectivity index (χ1) is 18.6. The van der Waals surface area contributed by atoms with Crippen LogP contribution in [0.25, 0.3) is 0 Å². The average molecular weight is 535 g/mol. The van der Waals surface area contributed by atoms with Gasteiger partial charge in [0.15, 0.2) is 0 Å². The molecule has 0 spiro atoms. The van der Waals surface area contributed by atoms with E-state index in [1.54, 1.807) is 23.1 Å². The summed E-state index contributed by atoms with van der Waals surface area (Å²) in [5.74, 6) is -1.70. The van der Waals surface area contributed by atoms with E-state index in [-0.39, 0.29) is 36.1 Å². The maximum atomic E-state index is 14.8. The molecule has 1 saturated carbocycles. The molecular weight excluding hydrogens is 495 g/mol. The lowest BCUT2D eigenvalue weighted by molar-refractivity contribution is -0.148. The van der Waals surface area contributed by atoms with Crippen molar-refractivity contribution in [3.63, 3.8) is 0 Å². The third kappa shape index (κ3) is 4.62. The lowest BCUT2D eigenvalue weighted by Gasteiger charge is -2.42. The van der Waals surface area contributed by atoms with Crippen molar-refractivity contribution in [3.8, 4) is 0 Å². The lowest BCUT2D eigenvalue weighted by atomic mass is 9.69. The standard InChI is InChI=1S/C31H39FN4O3/c1-30(2)23-9-5-7-11-26(23)36(29(30)39)22-13-16-35(17-14-22)27(37)24(18-20-8-4-6-10-25(20)32)31(28(33)38)15-12-21(19-31)34-3/h4-11,21-22,24,34H,12-19H2,1-3H3,(H2,33,38)/t21?,24-,31?/m1/s1. The van der Waals surface area contributed by atoms with Crippen LogP contribution in [-0.4, -0.2) is 54.8 Å². The molecule has 2 unspecified atom stereocenters. The van der Waals surface area contributed by atoms with Gasteiger partial charge < -0.3 is 20.9 Å². The van der Waals surface area contributed by atoms with Crippen LogP contribution in [0.1, 0.15) is 57.1 Å². The van der Waals surface area contributed by atoms with Gasteiger partial charge in [0.1, 0.15) is 5.82 Å². The zero-order chi connectivity index (χ0) is 27.9. The highest BCUT2D eigenvalue weighted by Gasteiger charge is 2.54. The number of piperidine rings is 1. The van der Waals surface area contributed by atoms with Crippen LogP contribution < -0.4 is 16.0 Å². The number of nitrogens with two attached hydrogens (primary N) is 1. The van der Waals surface area contributed by atoms with Crippen LogP contribution in [0, 0.1) is 17.2 Å². The van der Waals surface area contributed by atoms with E-state index >= 15 is 0 Å². The van der Waals surface area contributed by atoms with E-state index in [1.807, 2.05) is 50.1 Å². The van der Waals surface area contributed by atoms with Gasteiger partial charge in [-0.2, -0.15) is 0 Å². The number of halogens is 1. The summed E-state index contributed by atoms with van der Waals surface area (Å²) in [6, 6.07) is 14.4. The molecule has 3 N–H and O–H groups in total. The summed E-state index contributed by atoms with van der Waals surface area (Å²) in [6.07, 6.45) is 3.07. The molecular formula is C31H39FN4O3. The van der Waals surface area contributed by atoms with Crippen molar-refractivity contribution >= 4 is 23.4 Å². The van der Waals surface area contributed by atoms with E-state index < -0.39 is 22.7 Å². The second kappa shape index (κ2) is 10.4. The number of amides is 3. The molecule has 1 saturated heterocycles. The fourth-order valence-corrected chi connectivity index (χ4v) is 7.10. The molecule has 2 aliphatic heterocycles. The summed E-state index contributed by atoms with van der Waals surface area (Å²) in [6.45, 7) is 4.86. The van der Waals surface area contributed by atoms with Gasteiger partial charge in [-0.15, -0.1) is 0 Å². The van der Waals surface area contributed by atoms with Crippen LogP contribution in [0.3, 0.4) is 0 Å². The van der Waals surface area contributed by atoms with E-state index in [0.29, 0.717) is 44.3 Å². The van der Waals surface area contributed by atoms with Gasteiger partial charge in [-0.3, -0.25) is 14.4 Å². The quantitative estimate of drug-likeness (QED) is 0.568. The summed E-state index contributed by atoms with van der Waals surface area (Å²) in [7, 11) is 1.85. The minimum Gasteiger partial charge on any atom is -0.369 e. The Kier molecular flexibility index (Phi) is 7.27. The number of carbonyl (C=O) groups is 3. The zero-order valence-electron chi connectivity index (χ0n) is 23.1. The lowest BCUT2D eigenvalue weighted by Crippen LogP contribution is -2.54. The Morgan fingerprint density at radius 3 is 2.38 bits per heavy atom. The second-order valence-corrected chi connectivity index (χ2v) is 12.0. The first kappa shape index (κ1) is 27.3. The maximum absolute atomic E-state index is 14.8. The van der Waals surface area contributed by atoms with Crippen LogP contribution in [0.5, 0.6) is 0 Å². The number of likely N-dealkylation sites (tertiary alicyclic amines) is 1. The monoisotopic (exact) mass is 534 g/mol. The van der Waals surface area contributed by atoms with Gasteiger partial charge in [-0.1, -0.05) is 36.4 Å². The van der Waals surface area contributed by atoms with Crippen LogP contribution in [0.4, 0.5) is 10.1 Å². The number of carbonyl (C=O) groups excluding carboxylic acids is 3. The van der Waals surface area contributed by atoms with Crippen LogP contribution in [0.2, 0.25) is 0 Å². The molecule has 0 bridgehead atoms. The average Bonchev–Trinajstić information content (AvgIpc) is 3.46. The smallest absolute Gasteiger partial charge is 0.237 e. The topological polar surface area (TPSA) is 95.7 Å². The Hall–Kier alpha value is -3.26. The van der Waals surface area contributed by atoms with Crippen LogP contribution >= 0.6 is 0 Å². The highest BCUT2D eigenvalue weighted by Crippen LogP contribution is 2.47. The fourth-order valence-electron chi connectivity index (χ4n) is 7.10. The molecule has 0 radical (unpaired) electrons. The van der Waals surface area contributed by atoms with Gasteiger partial charge in [0, 0.05) is 30.9 Å². The molecule has 3 aliphatic rings. The Labute approximate surface area is 229 Å². The summed E-state index contributed by atoms with van der Waals surface area (Å²) in [5.41, 5.74) is 6.79. The van der Waals surface area contributed by atoms with E-state index in [0.717, 1.165) is 17.7 Å². The number of para-hydroxylation sites is 1. The van der Waals surface area contributed by atoms with Gasteiger partial charge in [-0.25, -0.2) is 4.39 Å². The molecule has 2 aromatic carbocycles. The summed E-state index contributed by atoms with van der Waals surface area (Å²) in [4.78, 5) is 44.4. The van der Waals surface area contributed by atoms with Crippen molar-refractivity contribution in [1.82, 2.24) is 10.2 Å². The number of nitrogens with zero attached hydrogens (tertiary/aromatic N) is 2. The van der Waals surface area contributed by atoms with Gasteiger partial charge in [0.25, 0.3) is 0 Å². The van der Waals surface area contributed by atoms with Crippen molar-refractivity contribution in [3.05, 3.63) is 65.5 Å². The number of hydrogen-bond donors (Lipinski definition) is 2. The Morgan fingerprint density at radius 2 is 1.74 bits per heavy atom. The molecule has 208 valence electrons. The van der Waals surface area contributed by atoms with Crippen molar-refractivity contribution in [2.45, 2.75) is 69.9 Å². The minimum atomic E-state index is -1.04. The number of nitrogens with one attached hydrogen (secondary N) is 1. The molecule has 8 heteroatoms. The van der Waals surface area contributed by atoms with Crippen LogP contribution in [-0.2, 0) is 26.2 Å². The number of benzene rings is 2. The number of rotatable bonds is 7. The van der Waals surface area contributed by atoms with E-state index in [2.05, 4.69) is 5.32 Å². The maximum Gasteiger partial charge on any atom is 0.237 e. The Balaban J connectivity index is 1.39. The largest absolute Gasteiger partial charge is 0.369 e. The van der Waals surface area contributed by atoms with Crippen LogP contribution in [0.15, 0.2) is 48.5 Å². The summed E-state index contributed by atoms with van der Waals surface area (Å²) >= 11 is 0. The third-order valence-electron chi connectivity index (χ3n) is 9.53. The molecule has 39 heavy (non-hydrogen) atoms. The molecule has 2 fully saturated rings. The Bertz CT molecular complexity index is 1270. The summed E-state index contributed by atoms with van der Waals surface area (Å²) < 4.78 is 14.8. The third-order valence-corrected chi connectivity index (χ3v) is 9.53. The molecule has 2 aromatic rings. The predicted molar refractivity (Wildman–Crippen MR) is 148 cm³/mol. The predicted octanol–water partition coefficient (Wildman–Crippen LogP) is 3.54. The molecule has 0 aromatic heterocycles. The molecule has 3 amide bonds. The molecule has 2 heterocycles. The van der Waals surface area contributed by atoms with Crippen molar-refractivity contribution in [2.75, 3.05) is 25.0 Å². The van der Waals surface area contributed by atoms with E-state index in [1.165, 1.54) is 6.07 Å².